The Balaban J connectivity index is 0.00000289. The second kappa shape index (κ2) is 11.6. The number of aryl methyl sites for hydroxylation is 1. The fourth-order valence-electron chi connectivity index (χ4n) is 1.97. The van der Waals surface area contributed by atoms with Crippen LogP contribution < -0.4 is 5.32 Å². The fraction of sp³-hybridized carbons (Fsp3) is 0.625. The fourth-order valence-corrected chi connectivity index (χ4v) is 1.97. The maximum Gasteiger partial charge on any atom is 0.0205 e. The lowest BCUT2D eigenvalue weighted by Gasteiger charge is -2.05. The van der Waals surface area contributed by atoms with Gasteiger partial charge in [0.15, 0.2) is 0 Å². The summed E-state index contributed by atoms with van der Waals surface area (Å²) in [5.74, 6) is 0. The predicted molar refractivity (Wildman–Crippen MR) is 83.5 cm³/mol. The van der Waals surface area contributed by atoms with Crippen LogP contribution in [0.15, 0.2) is 24.3 Å². The maximum absolute atomic E-state index is 3.51. The summed E-state index contributed by atoms with van der Waals surface area (Å²) in [5.41, 5.74) is 2.73. The lowest BCUT2D eigenvalue weighted by atomic mass is 10.1. The van der Waals surface area contributed by atoms with Crippen LogP contribution in [-0.2, 0) is 6.54 Å². The van der Waals surface area contributed by atoms with Gasteiger partial charge in [-0.3, -0.25) is 0 Å². The van der Waals surface area contributed by atoms with E-state index in [-0.39, 0.29) is 12.4 Å². The van der Waals surface area contributed by atoms with Gasteiger partial charge in [0.25, 0.3) is 0 Å². The Morgan fingerprint density at radius 3 is 2.17 bits per heavy atom. The van der Waals surface area contributed by atoms with Crippen LogP contribution in [0.4, 0.5) is 0 Å². The van der Waals surface area contributed by atoms with Crippen molar-refractivity contribution in [2.45, 2.75) is 58.9 Å². The van der Waals surface area contributed by atoms with Crippen molar-refractivity contribution in [3.8, 4) is 0 Å². The van der Waals surface area contributed by atoms with Crippen molar-refractivity contribution in [2.75, 3.05) is 6.54 Å². The summed E-state index contributed by atoms with van der Waals surface area (Å²) in [6.45, 7) is 6.56. The number of hydrogen-bond acceptors (Lipinski definition) is 1. The molecule has 0 aromatic heterocycles. The van der Waals surface area contributed by atoms with Gasteiger partial charge in [-0.2, -0.15) is 0 Å². The highest BCUT2D eigenvalue weighted by Gasteiger charge is 1.93. The quantitative estimate of drug-likeness (QED) is 0.631. The molecule has 0 atom stereocenters. The molecule has 1 N–H and O–H groups in total. The molecule has 0 radical (unpaired) electrons. The van der Waals surface area contributed by atoms with E-state index in [1.54, 1.807) is 0 Å². The lowest BCUT2D eigenvalue weighted by Crippen LogP contribution is -2.14. The minimum absolute atomic E-state index is 0. The van der Waals surface area contributed by atoms with Gasteiger partial charge in [0.2, 0.25) is 0 Å². The summed E-state index contributed by atoms with van der Waals surface area (Å²) in [7, 11) is 0. The summed E-state index contributed by atoms with van der Waals surface area (Å²) >= 11 is 0. The van der Waals surface area contributed by atoms with Crippen molar-refractivity contribution < 1.29 is 0 Å². The molecule has 0 fully saturated rings. The summed E-state index contributed by atoms with van der Waals surface area (Å²) in [6.07, 6.45) is 8.24. The van der Waals surface area contributed by atoms with Crippen LogP contribution in [0.25, 0.3) is 0 Å². The average molecular weight is 270 g/mol. The van der Waals surface area contributed by atoms with E-state index < -0.39 is 0 Å². The second-order valence-electron chi connectivity index (χ2n) is 4.93. The monoisotopic (exact) mass is 269 g/mol. The van der Waals surface area contributed by atoms with Gasteiger partial charge in [-0.1, -0.05) is 68.9 Å². The van der Waals surface area contributed by atoms with Gasteiger partial charge in [-0.25, -0.2) is 0 Å². The van der Waals surface area contributed by atoms with E-state index in [0.29, 0.717) is 0 Å². The molecule has 0 saturated heterocycles. The maximum atomic E-state index is 3.51. The van der Waals surface area contributed by atoms with Crippen LogP contribution in [0.2, 0.25) is 0 Å². The molecule has 1 aromatic carbocycles. The van der Waals surface area contributed by atoms with E-state index in [4.69, 9.17) is 0 Å². The van der Waals surface area contributed by atoms with E-state index >= 15 is 0 Å². The molecule has 1 nitrogen and oxygen atoms in total. The Morgan fingerprint density at radius 1 is 0.889 bits per heavy atom. The van der Waals surface area contributed by atoms with Crippen LogP contribution in [0, 0.1) is 6.92 Å². The normalized spacial score (nSPS) is 10.1. The number of benzene rings is 1. The molecular formula is C16H28ClN. The first kappa shape index (κ1) is 17.5. The van der Waals surface area contributed by atoms with Crippen molar-refractivity contribution in [1.29, 1.82) is 0 Å². The van der Waals surface area contributed by atoms with E-state index in [1.807, 2.05) is 0 Å². The van der Waals surface area contributed by atoms with Crippen LogP contribution in [0.3, 0.4) is 0 Å². The smallest absolute Gasteiger partial charge is 0.0205 e. The van der Waals surface area contributed by atoms with E-state index in [9.17, 15) is 0 Å². The molecule has 0 bridgehead atoms. The number of unbranched alkanes of at least 4 members (excludes halogenated alkanes) is 5. The second-order valence-corrected chi connectivity index (χ2v) is 4.93. The lowest BCUT2D eigenvalue weighted by molar-refractivity contribution is 0.572. The Morgan fingerprint density at radius 2 is 1.50 bits per heavy atom. The van der Waals surface area contributed by atoms with Gasteiger partial charge in [0.1, 0.15) is 0 Å². The Hall–Kier alpha value is -0.530. The topological polar surface area (TPSA) is 12.0 Å². The molecule has 0 unspecified atom stereocenters. The first-order chi connectivity index (χ1) is 8.33. The van der Waals surface area contributed by atoms with Crippen LogP contribution >= 0.6 is 12.4 Å². The van der Waals surface area contributed by atoms with Gasteiger partial charge < -0.3 is 5.32 Å². The van der Waals surface area contributed by atoms with Crippen molar-refractivity contribution in [3.63, 3.8) is 0 Å². The zero-order valence-corrected chi connectivity index (χ0v) is 12.7. The number of rotatable bonds is 9. The van der Waals surface area contributed by atoms with Gasteiger partial charge >= 0.3 is 0 Å². The highest BCUT2D eigenvalue weighted by molar-refractivity contribution is 5.85. The molecule has 0 aliphatic heterocycles. The minimum Gasteiger partial charge on any atom is -0.313 e. The molecule has 0 aliphatic carbocycles. The van der Waals surface area contributed by atoms with Crippen molar-refractivity contribution >= 4 is 12.4 Å². The SMILES string of the molecule is CCCCCCCCNCc1ccc(C)cc1.Cl. The zero-order chi connectivity index (χ0) is 12.3. The largest absolute Gasteiger partial charge is 0.313 e. The highest BCUT2D eigenvalue weighted by atomic mass is 35.5. The van der Waals surface area contributed by atoms with Gasteiger partial charge in [0, 0.05) is 6.54 Å². The average Bonchev–Trinajstić information content (AvgIpc) is 2.35. The van der Waals surface area contributed by atoms with Crippen molar-refractivity contribution in [2.24, 2.45) is 0 Å². The Kier molecular flexibility index (Phi) is 11.2. The van der Waals surface area contributed by atoms with E-state index in [1.165, 1.54) is 49.7 Å². The van der Waals surface area contributed by atoms with Crippen LogP contribution in [0.1, 0.15) is 56.6 Å². The summed E-state index contributed by atoms with van der Waals surface area (Å²) in [5, 5.41) is 3.51. The molecule has 0 heterocycles. The Bertz CT molecular complexity index is 282. The predicted octanol–water partition coefficient (Wildman–Crippen LogP) is 4.87. The van der Waals surface area contributed by atoms with E-state index in [0.717, 1.165) is 13.1 Å². The number of nitrogens with one attached hydrogen (secondary N) is 1. The first-order valence-corrected chi connectivity index (χ1v) is 7.09. The van der Waals surface area contributed by atoms with Gasteiger partial charge in [-0.15, -0.1) is 12.4 Å². The van der Waals surface area contributed by atoms with Crippen molar-refractivity contribution in [3.05, 3.63) is 35.4 Å². The van der Waals surface area contributed by atoms with Gasteiger partial charge in [0.05, 0.1) is 0 Å². The molecule has 104 valence electrons. The standard InChI is InChI=1S/C16H27N.ClH/c1-3-4-5-6-7-8-13-17-14-16-11-9-15(2)10-12-16;/h9-12,17H,3-8,13-14H2,1-2H3;1H. The van der Waals surface area contributed by atoms with Crippen molar-refractivity contribution in [1.82, 2.24) is 5.32 Å². The molecule has 18 heavy (non-hydrogen) atoms. The van der Waals surface area contributed by atoms with Crippen LogP contribution in [0.5, 0.6) is 0 Å². The highest BCUT2D eigenvalue weighted by Crippen LogP contribution is 2.05. The number of halogens is 1. The summed E-state index contributed by atoms with van der Waals surface area (Å²) in [4.78, 5) is 0. The van der Waals surface area contributed by atoms with Gasteiger partial charge in [-0.05, 0) is 25.5 Å². The molecule has 0 aliphatic rings. The van der Waals surface area contributed by atoms with Crippen LogP contribution in [-0.4, -0.2) is 6.54 Å². The molecule has 0 amide bonds. The van der Waals surface area contributed by atoms with E-state index in [2.05, 4.69) is 43.4 Å². The third-order valence-electron chi connectivity index (χ3n) is 3.16. The summed E-state index contributed by atoms with van der Waals surface area (Å²) in [6, 6.07) is 8.79. The minimum atomic E-state index is 0. The molecular weight excluding hydrogens is 242 g/mol. The Labute approximate surface area is 119 Å². The third-order valence-corrected chi connectivity index (χ3v) is 3.16. The molecule has 1 rings (SSSR count). The summed E-state index contributed by atoms with van der Waals surface area (Å²) < 4.78 is 0. The first-order valence-electron chi connectivity index (χ1n) is 7.09. The molecule has 0 spiro atoms. The number of hydrogen-bond donors (Lipinski definition) is 1. The third kappa shape index (κ3) is 8.54. The molecule has 2 heteroatoms. The zero-order valence-electron chi connectivity index (χ0n) is 11.9. The molecule has 0 saturated carbocycles. The molecule has 1 aromatic rings.